The van der Waals surface area contributed by atoms with Gasteiger partial charge in [0.1, 0.15) is 11.5 Å². The minimum atomic E-state index is -0.580. The predicted molar refractivity (Wildman–Crippen MR) is 95.6 cm³/mol. The van der Waals surface area contributed by atoms with Gasteiger partial charge in [0.25, 0.3) is 5.91 Å². The quantitative estimate of drug-likeness (QED) is 0.529. The minimum Gasteiger partial charge on any atom is -0.294 e. The maximum absolute atomic E-state index is 13.0. The summed E-state index contributed by atoms with van der Waals surface area (Å²) in [5, 5.41) is 19.8. The Hall–Kier alpha value is -3.49. The molecular formula is C17H18N6O3. The first-order valence-electron chi connectivity index (χ1n) is 7.89. The molecule has 0 spiro atoms. The van der Waals surface area contributed by atoms with Gasteiger partial charge in [-0.1, -0.05) is 18.2 Å². The Morgan fingerprint density at radius 2 is 1.85 bits per heavy atom. The molecule has 0 N–H and O–H groups in total. The fourth-order valence-electron chi connectivity index (χ4n) is 2.85. The fraction of sp³-hybridized carbons (Fsp3) is 0.235. The fourth-order valence-corrected chi connectivity index (χ4v) is 2.85. The van der Waals surface area contributed by atoms with Crippen LogP contribution in [0.5, 0.6) is 0 Å². The van der Waals surface area contributed by atoms with E-state index in [1.54, 1.807) is 17.8 Å². The number of aryl methyl sites for hydroxylation is 3. The van der Waals surface area contributed by atoms with Crippen molar-refractivity contribution in [2.45, 2.75) is 13.8 Å². The highest BCUT2D eigenvalue weighted by atomic mass is 16.6. The molecule has 1 aromatic carbocycles. The second-order valence-corrected chi connectivity index (χ2v) is 5.92. The Morgan fingerprint density at radius 3 is 2.46 bits per heavy atom. The average Bonchev–Trinajstić information content (AvgIpc) is 3.13. The van der Waals surface area contributed by atoms with Gasteiger partial charge in [-0.05, 0) is 26.0 Å². The molecule has 0 unspecified atom stereocenters. The summed E-state index contributed by atoms with van der Waals surface area (Å²) in [6.45, 7) is 3.32. The molecular weight excluding hydrogens is 336 g/mol. The van der Waals surface area contributed by atoms with E-state index in [2.05, 4.69) is 10.2 Å². The van der Waals surface area contributed by atoms with E-state index in [1.807, 2.05) is 37.3 Å². The van der Waals surface area contributed by atoms with E-state index in [0.29, 0.717) is 5.82 Å². The zero-order valence-corrected chi connectivity index (χ0v) is 14.9. The molecule has 0 saturated carbocycles. The lowest BCUT2D eigenvalue weighted by Crippen LogP contribution is -2.30. The third-order valence-corrected chi connectivity index (χ3v) is 4.04. The maximum Gasteiger partial charge on any atom is 0.322 e. The van der Waals surface area contributed by atoms with Crippen LogP contribution in [0.3, 0.4) is 0 Å². The molecule has 0 atom stereocenters. The van der Waals surface area contributed by atoms with Gasteiger partial charge in [-0.25, -0.2) is 4.68 Å². The molecule has 0 bridgehead atoms. The van der Waals surface area contributed by atoms with Crippen LogP contribution < -0.4 is 4.90 Å². The second kappa shape index (κ2) is 6.43. The van der Waals surface area contributed by atoms with Gasteiger partial charge in [0.2, 0.25) is 5.69 Å². The van der Waals surface area contributed by atoms with Crippen molar-refractivity contribution >= 4 is 17.4 Å². The van der Waals surface area contributed by atoms with Gasteiger partial charge in [-0.2, -0.15) is 10.2 Å². The number of rotatable bonds is 4. The van der Waals surface area contributed by atoms with Crippen molar-refractivity contribution in [2.75, 3.05) is 11.9 Å². The first-order chi connectivity index (χ1) is 12.3. The van der Waals surface area contributed by atoms with E-state index >= 15 is 0 Å². The highest BCUT2D eigenvalue weighted by Crippen LogP contribution is 2.27. The summed E-state index contributed by atoms with van der Waals surface area (Å²) in [4.78, 5) is 25.2. The van der Waals surface area contributed by atoms with E-state index in [0.717, 1.165) is 11.4 Å². The molecule has 0 aliphatic rings. The third kappa shape index (κ3) is 2.83. The molecule has 3 rings (SSSR count). The Balaban J connectivity index is 2.08. The predicted octanol–water partition coefficient (Wildman–Crippen LogP) is 2.41. The van der Waals surface area contributed by atoms with Gasteiger partial charge in [0, 0.05) is 20.2 Å². The standard InChI is InChI=1S/C17H18N6O3/c1-11-10-14(22(18-11)13-8-6-5-7-9-13)20(3)17(24)16-15(23(25)26)12(2)19-21(16)4/h5-10H,1-4H3. The number of nitrogens with zero attached hydrogens (tertiary/aromatic N) is 6. The maximum atomic E-state index is 13.0. The summed E-state index contributed by atoms with van der Waals surface area (Å²) in [5.41, 5.74) is 1.34. The molecule has 26 heavy (non-hydrogen) atoms. The molecule has 0 fully saturated rings. The monoisotopic (exact) mass is 354 g/mol. The minimum absolute atomic E-state index is 0.0755. The highest BCUT2D eigenvalue weighted by molar-refractivity contribution is 6.07. The van der Waals surface area contributed by atoms with E-state index < -0.39 is 10.8 Å². The Kier molecular flexibility index (Phi) is 4.29. The SMILES string of the molecule is Cc1cc(N(C)C(=O)c2c([N+](=O)[O-])c(C)nn2C)n(-c2ccccc2)n1. The van der Waals surface area contributed by atoms with Crippen molar-refractivity contribution in [2.24, 2.45) is 7.05 Å². The van der Waals surface area contributed by atoms with Gasteiger partial charge in [-0.3, -0.25) is 24.5 Å². The summed E-state index contributed by atoms with van der Waals surface area (Å²) in [5.74, 6) is -0.0243. The van der Waals surface area contributed by atoms with E-state index in [-0.39, 0.29) is 17.1 Å². The Bertz CT molecular complexity index is 990. The van der Waals surface area contributed by atoms with E-state index in [4.69, 9.17) is 0 Å². The molecule has 3 aromatic rings. The molecule has 0 saturated heterocycles. The van der Waals surface area contributed by atoms with Gasteiger partial charge in [0.05, 0.1) is 16.3 Å². The van der Waals surface area contributed by atoms with Crippen LogP contribution in [0.4, 0.5) is 11.5 Å². The van der Waals surface area contributed by atoms with Gasteiger partial charge < -0.3 is 0 Å². The van der Waals surface area contributed by atoms with Crippen LogP contribution in [0, 0.1) is 24.0 Å². The average molecular weight is 354 g/mol. The number of amides is 1. The summed E-state index contributed by atoms with van der Waals surface area (Å²) >= 11 is 0. The number of aromatic nitrogens is 4. The van der Waals surface area contributed by atoms with Crippen molar-refractivity contribution in [1.82, 2.24) is 19.6 Å². The number of hydrogen-bond acceptors (Lipinski definition) is 5. The molecule has 2 heterocycles. The lowest BCUT2D eigenvalue weighted by atomic mass is 10.2. The first-order valence-corrected chi connectivity index (χ1v) is 7.89. The lowest BCUT2D eigenvalue weighted by molar-refractivity contribution is -0.385. The topological polar surface area (TPSA) is 99.1 Å². The number of nitro groups is 1. The Labute approximate surface area is 149 Å². The largest absolute Gasteiger partial charge is 0.322 e. The van der Waals surface area contributed by atoms with Crippen molar-refractivity contribution in [3.05, 3.63) is 63.6 Å². The molecule has 9 nitrogen and oxygen atoms in total. The van der Waals surface area contributed by atoms with Gasteiger partial charge in [0.15, 0.2) is 0 Å². The number of carbonyl (C=O) groups excluding carboxylic acids is 1. The number of benzene rings is 1. The molecule has 1 amide bonds. The number of carbonyl (C=O) groups is 1. The van der Waals surface area contributed by atoms with Gasteiger partial charge in [-0.15, -0.1) is 0 Å². The molecule has 2 aromatic heterocycles. The summed E-state index contributed by atoms with van der Waals surface area (Å²) in [7, 11) is 3.07. The van der Waals surface area contributed by atoms with Gasteiger partial charge >= 0.3 is 5.69 Å². The van der Waals surface area contributed by atoms with E-state index in [1.165, 1.54) is 23.6 Å². The van der Waals surface area contributed by atoms with Crippen molar-refractivity contribution in [1.29, 1.82) is 0 Å². The van der Waals surface area contributed by atoms with Crippen LogP contribution in [0.15, 0.2) is 36.4 Å². The molecule has 9 heteroatoms. The Morgan fingerprint density at radius 1 is 1.19 bits per heavy atom. The number of para-hydroxylation sites is 1. The summed E-state index contributed by atoms with van der Waals surface area (Å²) < 4.78 is 2.87. The zero-order chi connectivity index (χ0) is 19.0. The first kappa shape index (κ1) is 17.3. The summed E-state index contributed by atoms with van der Waals surface area (Å²) in [6, 6.07) is 11.1. The van der Waals surface area contributed by atoms with Crippen LogP contribution in [-0.2, 0) is 7.05 Å². The van der Waals surface area contributed by atoms with Crippen LogP contribution in [0.1, 0.15) is 21.9 Å². The van der Waals surface area contributed by atoms with E-state index in [9.17, 15) is 14.9 Å². The normalized spacial score (nSPS) is 10.8. The summed E-state index contributed by atoms with van der Waals surface area (Å²) in [6.07, 6.45) is 0. The lowest BCUT2D eigenvalue weighted by Gasteiger charge is -2.18. The zero-order valence-electron chi connectivity index (χ0n) is 14.9. The molecule has 0 radical (unpaired) electrons. The van der Waals surface area contributed by atoms with Crippen LogP contribution in [0.25, 0.3) is 5.69 Å². The smallest absolute Gasteiger partial charge is 0.294 e. The second-order valence-electron chi connectivity index (χ2n) is 5.92. The molecule has 0 aliphatic heterocycles. The van der Waals surface area contributed by atoms with Crippen LogP contribution in [-0.4, -0.2) is 37.4 Å². The third-order valence-electron chi connectivity index (χ3n) is 4.04. The number of hydrogen-bond donors (Lipinski definition) is 0. The van der Waals surface area contributed by atoms with Crippen molar-refractivity contribution in [3.8, 4) is 5.69 Å². The number of anilines is 1. The van der Waals surface area contributed by atoms with Crippen molar-refractivity contribution in [3.63, 3.8) is 0 Å². The molecule has 0 aliphatic carbocycles. The van der Waals surface area contributed by atoms with Crippen molar-refractivity contribution < 1.29 is 9.72 Å². The molecule has 134 valence electrons. The van der Waals surface area contributed by atoms with Crippen LogP contribution in [0.2, 0.25) is 0 Å². The highest BCUT2D eigenvalue weighted by Gasteiger charge is 2.32. The van der Waals surface area contributed by atoms with Crippen LogP contribution >= 0.6 is 0 Å².